The fraction of sp³-hybridized carbons (Fsp3) is 0.182. The molecule has 0 unspecified atom stereocenters. The molecule has 0 saturated carbocycles. The molecule has 0 saturated heterocycles. The molecule has 2 rings (SSSR count). The first-order valence-electron chi connectivity index (χ1n) is 5.28. The number of rotatable bonds is 4. The van der Waals surface area contributed by atoms with Gasteiger partial charge in [0.15, 0.2) is 17.3 Å². The third-order valence-corrected chi connectivity index (χ3v) is 2.21. The first-order valence-corrected chi connectivity index (χ1v) is 5.28. The summed E-state index contributed by atoms with van der Waals surface area (Å²) in [7, 11) is 1.59. The monoisotopic (exact) mass is 247 g/mol. The average Bonchev–Trinajstić information content (AvgIpc) is 2.82. The second-order valence-electron chi connectivity index (χ2n) is 3.45. The summed E-state index contributed by atoms with van der Waals surface area (Å²) in [5.74, 6) is 0.524. The highest BCUT2D eigenvalue weighted by atomic mass is 16.6. The molecule has 0 fully saturated rings. The molecule has 0 aliphatic carbocycles. The van der Waals surface area contributed by atoms with Crippen molar-refractivity contribution in [3.8, 4) is 0 Å². The molecule has 0 bridgehead atoms. The predicted octanol–water partition coefficient (Wildman–Crippen LogP) is 0.750. The van der Waals surface area contributed by atoms with Gasteiger partial charge in [0, 0.05) is 7.05 Å². The van der Waals surface area contributed by atoms with Gasteiger partial charge >= 0.3 is 0 Å². The van der Waals surface area contributed by atoms with Crippen molar-refractivity contribution in [2.75, 3.05) is 12.8 Å². The van der Waals surface area contributed by atoms with Gasteiger partial charge in [-0.15, -0.1) is 0 Å². The minimum atomic E-state index is 0.159. The number of nitrogens with one attached hydrogen (secondary N) is 1. The summed E-state index contributed by atoms with van der Waals surface area (Å²) in [6.45, 7) is 0.394. The first-order chi connectivity index (χ1) is 8.81. The second kappa shape index (κ2) is 5.78. The number of aliphatic imine (C=N–C) groups is 1. The zero-order valence-electron chi connectivity index (χ0n) is 9.83. The maximum Gasteiger partial charge on any atom is 0.199 e. The van der Waals surface area contributed by atoms with E-state index in [0.29, 0.717) is 18.1 Å². The predicted molar refractivity (Wildman–Crippen MR) is 65.5 cm³/mol. The normalized spacial score (nSPS) is 11.5. The second-order valence-corrected chi connectivity index (χ2v) is 3.45. The van der Waals surface area contributed by atoms with Crippen LogP contribution in [0.15, 0.2) is 40.0 Å². The lowest BCUT2D eigenvalue weighted by Gasteiger charge is -2.07. The number of nitrogens with two attached hydrogens (primary N) is 1. The Hall–Kier alpha value is -2.41. The van der Waals surface area contributed by atoms with Gasteiger partial charge in [0.2, 0.25) is 0 Å². The van der Waals surface area contributed by atoms with E-state index in [0.717, 1.165) is 5.56 Å². The Kier molecular flexibility index (Phi) is 3.87. The van der Waals surface area contributed by atoms with E-state index in [1.165, 1.54) is 0 Å². The number of benzene rings is 1. The molecule has 7 heteroatoms. The molecule has 1 aromatic heterocycles. The zero-order valence-corrected chi connectivity index (χ0v) is 9.83. The summed E-state index contributed by atoms with van der Waals surface area (Å²) in [5, 5.41) is 7.10. The SMILES string of the molecule is CN=C(NOCc1ccccc1)c1nonc1N. The number of nitrogen functional groups attached to an aromatic ring is 1. The van der Waals surface area contributed by atoms with Crippen LogP contribution < -0.4 is 11.2 Å². The van der Waals surface area contributed by atoms with Gasteiger partial charge in [-0.2, -0.15) is 0 Å². The number of nitrogens with zero attached hydrogens (tertiary/aromatic N) is 3. The highest BCUT2D eigenvalue weighted by Crippen LogP contribution is 2.05. The van der Waals surface area contributed by atoms with Crippen molar-refractivity contribution in [1.82, 2.24) is 15.8 Å². The summed E-state index contributed by atoms with van der Waals surface area (Å²) in [4.78, 5) is 9.27. The van der Waals surface area contributed by atoms with Gasteiger partial charge in [0.1, 0.15) is 0 Å². The molecule has 1 heterocycles. The fourth-order valence-electron chi connectivity index (χ4n) is 1.32. The Bertz CT molecular complexity index is 523. The molecule has 94 valence electrons. The molecule has 0 atom stereocenters. The van der Waals surface area contributed by atoms with Gasteiger partial charge in [-0.25, -0.2) is 10.1 Å². The number of aromatic nitrogens is 2. The van der Waals surface area contributed by atoms with Crippen LogP contribution in [-0.2, 0) is 11.4 Å². The first kappa shape index (κ1) is 12.1. The molecule has 18 heavy (non-hydrogen) atoms. The van der Waals surface area contributed by atoms with Gasteiger partial charge in [-0.3, -0.25) is 9.83 Å². The van der Waals surface area contributed by atoms with E-state index in [1.54, 1.807) is 7.05 Å². The van der Waals surface area contributed by atoms with Gasteiger partial charge in [0.05, 0.1) is 6.61 Å². The van der Waals surface area contributed by atoms with E-state index in [1.807, 2.05) is 30.3 Å². The van der Waals surface area contributed by atoms with Crippen molar-refractivity contribution in [2.45, 2.75) is 6.61 Å². The summed E-state index contributed by atoms with van der Waals surface area (Å²) in [6, 6.07) is 9.73. The third kappa shape index (κ3) is 2.83. The Morgan fingerprint density at radius 3 is 2.78 bits per heavy atom. The number of hydroxylamine groups is 1. The van der Waals surface area contributed by atoms with Crippen molar-refractivity contribution in [2.24, 2.45) is 4.99 Å². The molecule has 7 nitrogen and oxygen atoms in total. The van der Waals surface area contributed by atoms with Gasteiger partial charge in [-0.1, -0.05) is 30.3 Å². The lowest BCUT2D eigenvalue weighted by Crippen LogP contribution is -2.25. The van der Waals surface area contributed by atoms with Crippen LogP contribution in [0.25, 0.3) is 0 Å². The number of hydrogen-bond donors (Lipinski definition) is 2. The fourth-order valence-corrected chi connectivity index (χ4v) is 1.32. The quantitative estimate of drug-likeness (QED) is 0.470. The summed E-state index contributed by atoms with van der Waals surface area (Å²) >= 11 is 0. The van der Waals surface area contributed by atoms with Crippen LogP contribution in [0.3, 0.4) is 0 Å². The van der Waals surface area contributed by atoms with Gasteiger partial charge in [-0.05, 0) is 15.9 Å². The number of hydrogen-bond acceptors (Lipinski definition) is 6. The van der Waals surface area contributed by atoms with E-state index in [9.17, 15) is 0 Å². The van der Waals surface area contributed by atoms with Crippen molar-refractivity contribution in [3.63, 3.8) is 0 Å². The average molecular weight is 247 g/mol. The van der Waals surface area contributed by atoms with Crippen molar-refractivity contribution in [3.05, 3.63) is 41.6 Å². The maximum absolute atomic E-state index is 5.56. The lowest BCUT2D eigenvalue weighted by atomic mass is 10.2. The standard InChI is InChI=1S/C11H13N5O2/c1-13-11(9-10(12)15-18-14-9)16-17-7-8-5-3-2-4-6-8/h2-6H,7H2,1H3,(H2,12,15)(H,13,16). The lowest BCUT2D eigenvalue weighted by molar-refractivity contribution is 0.0712. The number of amidine groups is 1. The van der Waals surface area contributed by atoms with Gasteiger partial charge in [0.25, 0.3) is 0 Å². The van der Waals surface area contributed by atoms with E-state index in [2.05, 4.69) is 25.4 Å². The molecular formula is C11H13N5O2. The van der Waals surface area contributed by atoms with Crippen LogP contribution >= 0.6 is 0 Å². The minimum absolute atomic E-state index is 0.159. The molecule has 0 amide bonds. The molecular weight excluding hydrogens is 234 g/mol. The molecule has 0 spiro atoms. The Morgan fingerprint density at radius 2 is 2.17 bits per heavy atom. The molecule has 3 N–H and O–H groups in total. The molecule has 0 aliphatic heterocycles. The van der Waals surface area contributed by atoms with Gasteiger partial charge < -0.3 is 5.73 Å². The van der Waals surface area contributed by atoms with E-state index >= 15 is 0 Å². The molecule has 2 aromatic rings. The zero-order chi connectivity index (χ0) is 12.8. The van der Waals surface area contributed by atoms with Crippen LogP contribution in [-0.4, -0.2) is 23.2 Å². The van der Waals surface area contributed by atoms with Crippen LogP contribution in [0.2, 0.25) is 0 Å². The van der Waals surface area contributed by atoms with Crippen molar-refractivity contribution >= 4 is 11.7 Å². The summed E-state index contributed by atoms with van der Waals surface area (Å²) in [5.41, 5.74) is 9.58. The van der Waals surface area contributed by atoms with Crippen LogP contribution in [0.1, 0.15) is 11.3 Å². The van der Waals surface area contributed by atoms with Crippen LogP contribution in [0.5, 0.6) is 0 Å². The number of anilines is 1. The molecule has 0 aliphatic rings. The molecule has 0 radical (unpaired) electrons. The minimum Gasteiger partial charge on any atom is -0.379 e. The Balaban J connectivity index is 1.92. The third-order valence-electron chi connectivity index (χ3n) is 2.21. The van der Waals surface area contributed by atoms with Crippen molar-refractivity contribution in [1.29, 1.82) is 0 Å². The summed E-state index contributed by atoms with van der Waals surface area (Å²) < 4.78 is 4.49. The Labute approximate surface area is 104 Å². The smallest absolute Gasteiger partial charge is 0.199 e. The summed E-state index contributed by atoms with van der Waals surface area (Å²) in [6.07, 6.45) is 0. The highest BCUT2D eigenvalue weighted by molar-refractivity contribution is 5.99. The largest absolute Gasteiger partial charge is 0.379 e. The van der Waals surface area contributed by atoms with E-state index in [-0.39, 0.29) is 5.82 Å². The van der Waals surface area contributed by atoms with Crippen molar-refractivity contribution < 1.29 is 9.47 Å². The highest BCUT2D eigenvalue weighted by Gasteiger charge is 2.13. The maximum atomic E-state index is 5.56. The molecule has 1 aromatic carbocycles. The Morgan fingerprint density at radius 1 is 1.39 bits per heavy atom. The van der Waals surface area contributed by atoms with E-state index < -0.39 is 0 Å². The topological polar surface area (TPSA) is 98.6 Å². The van der Waals surface area contributed by atoms with E-state index in [4.69, 9.17) is 10.6 Å². The van der Waals surface area contributed by atoms with Crippen LogP contribution in [0.4, 0.5) is 5.82 Å². The van der Waals surface area contributed by atoms with Crippen LogP contribution in [0, 0.1) is 0 Å².